The molecule has 1 aromatic rings. The van der Waals surface area contributed by atoms with Crippen molar-refractivity contribution in [3.63, 3.8) is 0 Å². The monoisotopic (exact) mass is 305 g/mol. The SMILES string of the molecule is O=C(O)[C@@H]1CN(C2=NNCC=C2)C[C@H]1c1ccc(Cl)cc1. The number of hydrogen-bond acceptors (Lipinski definition) is 4. The molecule has 0 amide bonds. The molecule has 0 aliphatic carbocycles. The average Bonchev–Trinajstić information content (AvgIpc) is 2.94. The van der Waals surface area contributed by atoms with Crippen molar-refractivity contribution < 1.29 is 9.90 Å². The molecule has 1 fully saturated rings. The van der Waals surface area contributed by atoms with Gasteiger partial charge in [0.25, 0.3) is 0 Å². The van der Waals surface area contributed by atoms with E-state index in [2.05, 4.69) is 10.5 Å². The number of nitrogens with one attached hydrogen (secondary N) is 1. The predicted molar refractivity (Wildman–Crippen MR) is 81.5 cm³/mol. The van der Waals surface area contributed by atoms with E-state index in [9.17, 15) is 9.90 Å². The van der Waals surface area contributed by atoms with E-state index < -0.39 is 11.9 Å². The largest absolute Gasteiger partial charge is 0.481 e. The molecule has 0 bridgehead atoms. The van der Waals surface area contributed by atoms with Crippen molar-refractivity contribution in [1.82, 2.24) is 10.3 Å². The van der Waals surface area contributed by atoms with Crippen molar-refractivity contribution in [3.8, 4) is 0 Å². The predicted octanol–water partition coefficient (Wildman–Crippen LogP) is 1.91. The number of amidine groups is 1. The Balaban J connectivity index is 1.85. The molecule has 0 aromatic heterocycles. The topological polar surface area (TPSA) is 64.9 Å². The van der Waals surface area contributed by atoms with Gasteiger partial charge in [0.15, 0.2) is 0 Å². The van der Waals surface area contributed by atoms with Gasteiger partial charge < -0.3 is 15.4 Å². The molecule has 2 aliphatic heterocycles. The third kappa shape index (κ3) is 2.88. The maximum atomic E-state index is 11.6. The van der Waals surface area contributed by atoms with Gasteiger partial charge in [-0.3, -0.25) is 4.79 Å². The minimum atomic E-state index is -0.772. The minimum absolute atomic E-state index is 0.0576. The number of halogens is 1. The van der Waals surface area contributed by atoms with Crippen LogP contribution < -0.4 is 5.43 Å². The third-order valence-electron chi connectivity index (χ3n) is 3.93. The van der Waals surface area contributed by atoms with E-state index in [1.807, 2.05) is 29.2 Å². The van der Waals surface area contributed by atoms with Crippen LogP contribution in [0.1, 0.15) is 11.5 Å². The Kier molecular flexibility index (Phi) is 3.84. The van der Waals surface area contributed by atoms with E-state index in [-0.39, 0.29) is 5.92 Å². The number of hydrogen-bond donors (Lipinski definition) is 2. The second-order valence-electron chi connectivity index (χ2n) is 5.24. The summed E-state index contributed by atoms with van der Waals surface area (Å²) in [6.07, 6.45) is 3.91. The molecule has 2 atom stereocenters. The Hall–Kier alpha value is -2.01. The van der Waals surface area contributed by atoms with Gasteiger partial charge in [-0.15, -0.1) is 0 Å². The van der Waals surface area contributed by atoms with Crippen LogP contribution >= 0.6 is 11.6 Å². The number of nitrogens with zero attached hydrogens (tertiary/aromatic N) is 2. The summed E-state index contributed by atoms with van der Waals surface area (Å²) < 4.78 is 0. The zero-order chi connectivity index (χ0) is 14.8. The Bertz CT molecular complexity index is 597. The summed E-state index contributed by atoms with van der Waals surface area (Å²) in [4.78, 5) is 13.6. The van der Waals surface area contributed by atoms with E-state index in [1.165, 1.54) is 0 Å². The standard InChI is InChI=1S/C15H16ClN3O2/c16-11-5-3-10(4-6-11)12-8-19(9-13(12)15(20)21)14-2-1-7-17-18-14/h1-6,12-13,17H,7-9H2,(H,20,21)/t12-,13+/m0/s1. The molecule has 0 spiro atoms. The number of benzene rings is 1. The van der Waals surface area contributed by atoms with E-state index in [0.29, 0.717) is 24.7 Å². The molecular formula is C15H16ClN3O2. The highest BCUT2D eigenvalue weighted by Gasteiger charge is 2.39. The molecule has 2 aliphatic rings. The van der Waals surface area contributed by atoms with Crippen molar-refractivity contribution in [2.24, 2.45) is 11.0 Å². The number of rotatable bonds is 2. The summed E-state index contributed by atoms with van der Waals surface area (Å²) >= 11 is 5.90. The van der Waals surface area contributed by atoms with Crippen LogP contribution in [-0.4, -0.2) is 41.4 Å². The summed E-state index contributed by atoms with van der Waals surface area (Å²) in [7, 11) is 0. The molecule has 21 heavy (non-hydrogen) atoms. The fraction of sp³-hybridized carbons (Fsp3) is 0.333. The van der Waals surface area contributed by atoms with Gasteiger partial charge in [0.05, 0.1) is 12.5 Å². The van der Waals surface area contributed by atoms with Crippen LogP contribution in [0.5, 0.6) is 0 Å². The number of carbonyl (C=O) groups is 1. The lowest BCUT2D eigenvalue weighted by atomic mass is 9.89. The molecule has 2 heterocycles. The van der Waals surface area contributed by atoms with Gasteiger partial charge in [-0.05, 0) is 23.8 Å². The lowest BCUT2D eigenvalue weighted by Gasteiger charge is -2.20. The Morgan fingerprint density at radius 1 is 1.33 bits per heavy atom. The van der Waals surface area contributed by atoms with Gasteiger partial charge in [-0.2, -0.15) is 5.10 Å². The molecule has 1 saturated heterocycles. The van der Waals surface area contributed by atoms with E-state index in [4.69, 9.17) is 11.6 Å². The van der Waals surface area contributed by atoms with Crippen LogP contribution in [0.2, 0.25) is 5.02 Å². The first-order valence-electron chi connectivity index (χ1n) is 6.85. The van der Waals surface area contributed by atoms with Crippen LogP contribution in [-0.2, 0) is 4.79 Å². The lowest BCUT2D eigenvalue weighted by Crippen LogP contribution is -2.32. The van der Waals surface area contributed by atoms with E-state index >= 15 is 0 Å². The number of carboxylic acid groups (broad SMARTS) is 1. The highest BCUT2D eigenvalue weighted by molar-refractivity contribution is 6.30. The number of likely N-dealkylation sites (tertiary alicyclic amines) is 1. The van der Waals surface area contributed by atoms with Crippen LogP contribution in [0.25, 0.3) is 0 Å². The Morgan fingerprint density at radius 2 is 2.10 bits per heavy atom. The van der Waals surface area contributed by atoms with Crippen molar-refractivity contribution >= 4 is 23.4 Å². The van der Waals surface area contributed by atoms with Gasteiger partial charge in [0.2, 0.25) is 0 Å². The van der Waals surface area contributed by atoms with E-state index in [0.717, 1.165) is 11.4 Å². The summed E-state index contributed by atoms with van der Waals surface area (Å²) in [5.74, 6) is -0.475. The zero-order valence-electron chi connectivity index (χ0n) is 11.4. The normalized spacial score (nSPS) is 24.6. The maximum Gasteiger partial charge on any atom is 0.308 e. The lowest BCUT2D eigenvalue weighted by molar-refractivity contribution is -0.141. The smallest absolute Gasteiger partial charge is 0.308 e. The molecule has 0 radical (unpaired) electrons. The summed E-state index contributed by atoms with van der Waals surface area (Å²) in [6, 6.07) is 7.42. The summed E-state index contributed by atoms with van der Waals surface area (Å²) in [6.45, 7) is 1.82. The van der Waals surface area contributed by atoms with Crippen LogP contribution in [0.4, 0.5) is 0 Å². The summed E-state index contributed by atoms with van der Waals surface area (Å²) in [5.41, 5.74) is 3.91. The quantitative estimate of drug-likeness (QED) is 0.876. The van der Waals surface area contributed by atoms with Crippen LogP contribution in [0.15, 0.2) is 41.5 Å². The van der Waals surface area contributed by atoms with Crippen molar-refractivity contribution in [3.05, 3.63) is 47.0 Å². The fourth-order valence-corrected chi connectivity index (χ4v) is 2.97. The molecule has 3 rings (SSSR count). The fourth-order valence-electron chi connectivity index (χ4n) is 2.85. The number of carboxylic acids is 1. The molecule has 5 nitrogen and oxygen atoms in total. The van der Waals surface area contributed by atoms with Crippen molar-refractivity contribution in [2.75, 3.05) is 19.6 Å². The van der Waals surface area contributed by atoms with E-state index in [1.54, 1.807) is 12.1 Å². The number of aliphatic carboxylic acids is 1. The Morgan fingerprint density at radius 3 is 2.71 bits per heavy atom. The van der Waals surface area contributed by atoms with Gasteiger partial charge in [0.1, 0.15) is 5.84 Å². The average molecular weight is 306 g/mol. The molecule has 0 saturated carbocycles. The highest BCUT2D eigenvalue weighted by Crippen LogP contribution is 2.33. The van der Waals surface area contributed by atoms with Gasteiger partial charge in [-0.1, -0.05) is 29.8 Å². The third-order valence-corrected chi connectivity index (χ3v) is 4.18. The molecule has 110 valence electrons. The number of hydrazone groups is 1. The molecule has 2 N–H and O–H groups in total. The van der Waals surface area contributed by atoms with Crippen molar-refractivity contribution in [1.29, 1.82) is 0 Å². The molecule has 6 heteroatoms. The van der Waals surface area contributed by atoms with Crippen LogP contribution in [0.3, 0.4) is 0 Å². The molecule has 0 unspecified atom stereocenters. The van der Waals surface area contributed by atoms with Gasteiger partial charge >= 0.3 is 5.97 Å². The first-order valence-corrected chi connectivity index (χ1v) is 7.23. The first kappa shape index (κ1) is 13.9. The van der Waals surface area contributed by atoms with Crippen LogP contribution in [0, 0.1) is 5.92 Å². The first-order chi connectivity index (χ1) is 10.1. The second-order valence-corrected chi connectivity index (χ2v) is 5.68. The second kappa shape index (κ2) is 5.77. The maximum absolute atomic E-state index is 11.6. The summed E-state index contributed by atoms with van der Waals surface area (Å²) in [5, 5.41) is 14.4. The molecular weight excluding hydrogens is 290 g/mol. The van der Waals surface area contributed by atoms with Gasteiger partial charge in [0, 0.05) is 24.0 Å². The van der Waals surface area contributed by atoms with Gasteiger partial charge in [-0.25, -0.2) is 0 Å². The molecule has 1 aromatic carbocycles. The van der Waals surface area contributed by atoms with Crippen molar-refractivity contribution in [2.45, 2.75) is 5.92 Å². The minimum Gasteiger partial charge on any atom is -0.481 e. The zero-order valence-corrected chi connectivity index (χ0v) is 12.1. The highest BCUT2D eigenvalue weighted by atomic mass is 35.5. The Labute approximate surface area is 127 Å².